The minimum absolute atomic E-state index is 0.0519. The van der Waals surface area contributed by atoms with Crippen molar-refractivity contribution >= 4 is 0 Å². The van der Waals surface area contributed by atoms with Gasteiger partial charge in [-0.3, -0.25) is 0 Å². The molecule has 0 aliphatic carbocycles. The third kappa shape index (κ3) is 4.11. The van der Waals surface area contributed by atoms with E-state index in [1.165, 1.54) is 0 Å². The van der Waals surface area contributed by atoms with Crippen molar-refractivity contribution in [1.82, 2.24) is 0 Å². The quantitative estimate of drug-likeness (QED) is 0.609. The van der Waals surface area contributed by atoms with Crippen LogP contribution in [0.5, 0.6) is 0 Å². The van der Waals surface area contributed by atoms with E-state index in [9.17, 15) is 0 Å². The van der Waals surface area contributed by atoms with E-state index < -0.39 is 0 Å². The van der Waals surface area contributed by atoms with E-state index in [0.717, 1.165) is 31.2 Å². The molecular formula is C17H22N2. The van der Waals surface area contributed by atoms with Crippen molar-refractivity contribution in [2.24, 2.45) is 0 Å². The van der Waals surface area contributed by atoms with Gasteiger partial charge in [-0.25, -0.2) is 13.1 Å². The first kappa shape index (κ1) is 15.3. The Morgan fingerprint density at radius 2 is 1.37 bits per heavy atom. The van der Waals surface area contributed by atoms with Gasteiger partial charge in [0.25, 0.3) is 0 Å². The summed E-state index contributed by atoms with van der Waals surface area (Å²) in [5.74, 6) is 0.0519. The van der Waals surface area contributed by atoms with Crippen LogP contribution in [0.25, 0.3) is 9.69 Å². The van der Waals surface area contributed by atoms with E-state index in [-0.39, 0.29) is 18.0 Å². The predicted octanol–water partition coefficient (Wildman–Crippen LogP) is 4.95. The normalized spacial score (nSPS) is 14.9. The first-order chi connectivity index (χ1) is 9.28. The summed E-state index contributed by atoms with van der Waals surface area (Å²) in [6.45, 7) is 19.1. The second-order valence-electron chi connectivity index (χ2n) is 4.91. The molecule has 100 valence electrons. The van der Waals surface area contributed by atoms with Gasteiger partial charge in [0.2, 0.25) is 12.1 Å². The fraction of sp³-hybridized carbons (Fsp3) is 0.529. The number of rotatable bonds is 7. The summed E-state index contributed by atoms with van der Waals surface area (Å²) in [6, 6.07) is 9.97. The summed E-state index contributed by atoms with van der Waals surface area (Å²) in [5, 5.41) is 0. The van der Waals surface area contributed by atoms with E-state index in [1.807, 2.05) is 18.2 Å². The monoisotopic (exact) mass is 254 g/mol. The molecule has 1 aromatic rings. The SMILES string of the molecule is [C-]#[N+]C(CCC)C(c1ccccc1)C(CCC)[N+]#[C-]. The maximum Gasteiger partial charge on any atom is 0.238 e. The van der Waals surface area contributed by atoms with E-state index in [4.69, 9.17) is 13.1 Å². The highest BCUT2D eigenvalue weighted by molar-refractivity contribution is 5.26. The highest BCUT2D eigenvalue weighted by Crippen LogP contribution is 2.32. The van der Waals surface area contributed by atoms with Crippen molar-refractivity contribution < 1.29 is 0 Å². The van der Waals surface area contributed by atoms with Crippen LogP contribution < -0.4 is 0 Å². The number of hydrogen-bond acceptors (Lipinski definition) is 0. The topological polar surface area (TPSA) is 8.72 Å². The molecule has 0 N–H and O–H groups in total. The zero-order valence-corrected chi connectivity index (χ0v) is 11.8. The zero-order chi connectivity index (χ0) is 14.1. The predicted molar refractivity (Wildman–Crippen MR) is 79.8 cm³/mol. The van der Waals surface area contributed by atoms with Crippen LogP contribution in [0.4, 0.5) is 0 Å². The Balaban J connectivity index is 3.10. The molecule has 1 rings (SSSR count). The number of hydrogen-bond donors (Lipinski definition) is 0. The lowest BCUT2D eigenvalue weighted by Gasteiger charge is -2.20. The molecule has 0 spiro atoms. The third-order valence-electron chi connectivity index (χ3n) is 3.51. The van der Waals surface area contributed by atoms with Crippen LogP contribution in [-0.4, -0.2) is 12.1 Å². The Hall–Kier alpha value is -1.80. The summed E-state index contributed by atoms with van der Waals surface area (Å²) >= 11 is 0. The Kier molecular flexibility index (Phi) is 6.69. The van der Waals surface area contributed by atoms with Gasteiger partial charge in [-0.2, -0.15) is 0 Å². The molecular weight excluding hydrogens is 232 g/mol. The molecule has 0 heterocycles. The molecule has 0 saturated heterocycles. The first-order valence-electron chi connectivity index (χ1n) is 7.06. The van der Waals surface area contributed by atoms with Crippen LogP contribution in [0.1, 0.15) is 51.0 Å². The fourth-order valence-corrected chi connectivity index (χ4v) is 2.62. The summed E-state index contributed by atoms with van der Waals surface area (Å²) in [5.41, 5.74) is 1.14. The molecule has 2 heteroatoms. The van der Waals surface area contributed by atoms with Crippen molar-refractivity contribution in [3.8, 4) is 0 Å². The lowest BCUT2D eigenvalue weighted by Crippen LogP contribution is -2.26. The van der Waals surface area contributed by atoms with Crippen LogP contribution in [0, 0.1) is 13.1 Å². The van der Waals surface area contributed by atoms with E-state index in [1.54, 1.807) is 0 Å². The van der Waals surface area contributed by atoms with Gasteiger partial charge in [0, 0.05) is 12.8 Å². The molecule has 2 nitrogen and oxygen atoms in total. The number of benzene rings is 1. The zero-order valence-electron chi connectivity index (χ0n) is 11.8. The van der Waals surface area contributed by atoms with Crippen LogP contribution in [0.2, 0.25) is 0 Å². The minimum Gasteiger partial charge on any atom is -0.313 e. The van der Waals surface area contributed by atoms with Crippen LogP contribution in [0.15, 0.2) is 30.3 Å². The Labute approximate surface area is 117 Å². The summed E-state index contributed by atoms with van der Waals surface area (Å²) < 4.78 is 0. The Bertz CT molecular complexity index is 415. The second-order valence-corrected chi connectivity index (χ2v) is 4.91. The molecule has 0 aliphatic rings. The van der Waals surface area contributed by atoms with Crippen molar-refractivity contribution in [3.05, 3.63) is 58.7 Å². The van der Waals surface area contributed by atoms with Gasteiger partial charge in [-0.05, 0) is 18.4 Å². The van der Waals surface area contributed by atoms with Crippen molar-refractivity contribution in [2.45, 2.75) is 57.5 Å². The average molecular weight is 254 g/mol. The van der Waals surface area contributed by atoms with Crippen molar-refractivity contribution in [3.63, 3.8) is 0 Å². The molecule has 0 radical (unpaired) electrons. The smallest absolute Gasteiger partial charge is 0.238 e. The maximum atomic E-state index is 7.47. The average Bonchev–Trinajstić information content (AvgIpc) is 2.46. The van der Waals surface area contributed by atoms with Crippen LogP contribution in [-0.2, 0) is 0 Å². The van der Waals surface area contributed by atoms with Gasteiger partial charge >= 0.3 is 0 Å². The van der Waals surface area contributed by atoms with Gasteiger partial charge in [0.1, 0.15) is 5.92 Å². The molecule has 0 amide bonds. The maximum absolute atomic E-state index is 7.47. The molecule has 1 aromatic carbocycles. The number of nitrogens with zero attached hydrogens (tertiary/aromatic N) is 2. The summed E-state index contributed by atoms with van der Waals surface area (Å²) in [7, 11) is 0. The first-order valence-corrected chi connectivity index (χ1v) is 7.06. The molecule has 0 aromatic heterocycles. The van der Waals surface area contributed by atoms with Crippen LogP contribution >= 0.6 is 0 Å². The van der Waals surface area contributed by atoms with Gasteiger partial charge in [0.05, 0.1) is 0 Å². The van der Waals surface area contributed by atoms with E-state index >= 15 is 0 Å². The van der Waals surface area contributed by atoms with Gasteiger partial charge in [0.15, 0.2) is 0 Å². The largest absolute Gasteiger partial charge is 0.313 e. The van der Waals surface area contributed by atoms with Crippen molar-refractivity contribution in [1.29, 1.82) is 0 Å². The van der Waals surface area contributed by atoms with Crippen LogP contribution in [0.3, 0.4) is 0 Å². The molecule has 0 aliphatic heterocycles. The second kappa shape index (κ2) is 8.33. The van der Waals surface area contributed by atoms with E-state index in [0.29, 0.717) is 0 Å². The highest BCUT2D eigenvalue weighted by atomic mass is 14.8. The summed E-state index contributed by atoms with van der Waals surface area (Å²) in [4.78, 5) is 7.62. The molecule has 0 fully saturated rings. The lowest BCUT2D eigenvalue weighted by molar-refractivity contribution is 0.476. The summed E-state index contributed by atoms with van der Waals surface area (Å²) in [6.07, 6.45) is 3.73. The Morgan fingerprint density at radius 1 is 0.895 bits per heavy atom. The minimum atomic E-state index is -0.0713. The lowest BCUT2D eigenvalue weighted by atomic mass is 9.82. The van der Waals surface area contributed by atoms with E-state index in [2.05, 4.69) is 35.7 Å². The standard InChI is InChI=1S/C17H22N2/c1-5-10-15(18-3)17(16(19-4)11-6-2)14-12-8-7-9-13-14/h7-9,12-13,15-17H,5-6,10-11H2,1-2H3. The van der Waals surface area contributed by atoms with Gasteiger partial charge in [-0.15, -0.1) is 0 Å². The van der Waals surface area contributed by atoms with Gasteiger partial charge in [-0.1, -0.05) is 44.2 Å². The Morgan fingerprint density at radius 3 is 1.74 bits per heavy atom. The molecule has 0 saturated carbocycles. The fourth-order valence-electron chi connectivity index (χ4n) is 2.62. The third-order valence-corrected chi connectivity index (χ3v) is 3.51. The van der Waals surface area contributed by atoms with Crippen molar-refractivity contribution in [2.75, 3.05) is 0 Å². The molecule has 2 atom stereocenters. The van der Waals surface area contributed by atoms with Gasteiger partial charge < -0.3 is 9.69 Å². The molecule has 0 bridgehead atoms. The molecule has 19 heavy (non-hydrogen) atoms. The highest BCUT2D eigenvalue weighted by Gasteiger charge is 2.38. The molecule has 2 unspecified atom stereocenters.